The molecule has 0 saturated carbocycles. The number of amides is 1. The summed E-state index contributed by atoms with van der Waals surface area (Å²) in [5.41, 5.74) is 0.909. The Kier molecular flexibility index (Phi) is 5.18. The molecular weight excluding hydrogens is 297 g/mol. The summed E-state index contributed by atoms with van der Waals surface area (Å²) in [7, 11) is 3.39. The van der Waals surface area contributed by atoms with Crippen molar-refractivity contribution < 1.29 is 14.3 Å². The minimum absolute atomic E-state index is 0.0884. The standard InChI is InChI=1S/C17H22FN3O2/c1-17(23,12-4-6-13(18)7-5-12)11-19-10-14-8-9-15(20-14)16(22)21(2)3/h4-9,19-20,23H,10-11H2,1-3H3. The number of benzene rings is 1. The van der Waals surface area contributed by atoms with Crippen LogP contribution in [0.2, 0.25) is 0 Å². The van der Waals surface area contributed by atoms with E-state index in [9.17, 15) is 14.3 Å². The van der Waals surface area contributed by atoms with Crippen molar-refractivity contribution in [2.75, 3.05) is 20.6 Å². The van der Waals surface area contributed by atoms with Gasteiger partial charge < -0.3 is 20.3 Å². The summed E-state index contributed by atoms with van der Waals surface area (Å²) in [5, 5.41) is 13.6. The van der Waals surface area contributed by atoms with Gasteiger partial charge in [0.25, 0.3) is 5.91 Å². The Bertz CT molecular complexity index is 663. The lowest BCUT2D eigenvalue weighted by molar-refractivity contribution is 0.0565. The lowest BCUT2D eigenvalue weighted by atomic mass is 9.96. The van der Waals surface area contributed by atoms with E-state index in [0.29, 0.717) is 24.3 Å². The Balaban J connectivity index is 1.91. The van der Waals surface area contributed by atoms with Crippen LogP contribution < -0.4 is 5.32 Å². The highest BCUT2D eigenvalue weighted by Crippen LogP contribution is 2.20. The van der Waals surface area contributed by atoms with Gasteiger partial charge in [0.1, 0.15) is 11.5 Å². The van der Waals surface area contributed by atoms with Crippen LogP contribution in [0.25, 0.3) is 0 Å². The van der Waals surface area contributed by atoms with Crippen molar-refractivity contribution in [1.29, 1.82) is 0 Å². The van der Waals surface area contributed by atoms with Crippen LogP contribution in [0.3, 0.4) is 0 Å². The number of nitrogens with one attached hydrogen (secondary N) is 2. The molecular formula is C17H22FN3O2. The van der Waals surface area contributed by atoms with Gasteiger partial charge in [-0.05, 0) is 36.8 Å². The largest absolute Gasteiger partial charge is 0.384 e. The molecule has 0 radical (unpaired) electrons. The third kappa shape index (κ3) is 4.40. The normalized spacial score (nSPS) is 13.6. The summed E-state index contributed by atoms with van der Waals surface area (Å²) in [6.07, 6.45) is 0. The van der Waals surface area contributed by atoms with Crippen LogP contribution in [-0.4, -0.2) is 41.5 Å². The maximum absolute atomic E-state index is 12.9. The van der Waals surface area contributed by atoms with Gasteiger partial charge in [0.05, 0.1) is 5.60 Å². The van der Waals surface area contributed by atoms with E-state index in [1.807, 2.05) is 6.07 Å². The first kappa shape index (κ1) is 17.2. The van der Waals surface area contributed by atoms with Crippen molar-refractivity contribution in [3.8, 4) is 0 Å². The summed E-state index contributed by atoms with van der Waals surface area (Å²) in [5.74, 6) is -0.420. The highest BCUT2D eigenvalue weighted by Gasteiger charge is 2.22. The molecule has 1 unspecified atom stereocenters. The van der Waals surface area contributed by atoms with Gasteiger partial charge in [-0.3, -0.25) is 4.79 Å². The second-order valence-electron chi connectivity index (χ2n) is 5.98. The van der Waals surface area contributed by atoms with E-state index in [4.69, 9.17) is 0 Å². The van der Waals surface area contributed by atoms with E-state index in [2.05, 4.69) is 10.3 Å². The van der Waals surface area contributed by atoms with Gasteiger partial charge in [0.2, 0.25) is 0 Å². The second kappa shape index (κ2) is 6.93. The monoisotopic (exact) mass is 319 g/mol. The van der Waals surface area contributed by atoms with Crippen molar-refractivity contribution in [2.45, 2.75) is 19.1 Å². The van der Waals surface area contributed by atoms with Crippen LogP contribution in [-0.2, 0) is 12.1 Å². The number of nitrogens with zero attached hydrogens (tertiary/aromatic N) is 1. The number of halogens is 1. The molecule has 1 atom stereocenters. The molecule has 1 heterocycles. The molecule has 2 rings (SSSR count). The van der Waals surface area contributed by atoms with Gasteiger partial charge in [0.15, 0.2) is 0 Å². The zero-order valence-electron chi connectivity index (χ0n) is 13.6. The van der Waals surface area contributed by atoms with E-state index in [0.717, 1.165) is 5.69 Å². The van der Waals surface area contributed by atoms with Crippen LogP contribution in [0.1, 0.15) is 28.7 Å². The molecule has 2 aromatic rings. The molecule has 23 heavy (non-hydrogen) atoms. The summed E-state index contributed by atoms with van der Waals surface area (Å²) in [6, 6.07) is 9.36. The van der Waals surface area contributed by atoms with Crippen molar-refractivity contribution >= 4 is 5.91 Å². The van der Waals surface area contributed by atoms with Crippen LogP contribution in [0, 0.1) is 5.82 Å². The fourth-order valence-electron chi connectivity index (χ4n) is 2.26. The van der Waals surface area contributed by atoms with E-state index >= 15 is 0 Å². The average Bonchev–Trinajstić information content (AvgIpc) is 2.95. The number of H-pyrrole nitrogens is 1. The first-order chi connectivity index (χ1) is 10.8. The highest BCUT2D eigenvalue weighted by molar-refractivity contribution is 5.92. The smallest absolute Gasteiger partial charge is 0.269 e. The number of rotatable bonds is 6. The lowest BCUT2D eigenvalue weighted by Crippen LogP contribution is -2.35. The molecule has 0 saturated heterocycles. The molecule has 0 aliphatic rings. The van der Waals surface area contributed by atoms with Crippen molar-refractivity contribution in [3.05, 3.63) is 59.2 Å². The minimum atomic E-state index is -1.11. The molecule has 1 aromatic carbocycles. The fraction of sp³-hybridized carbons (Fsp3) is 0.353. The van der Waals surface area contributed by atoms with Crippen molar-refractivity contribution in [3.63, 3.8) is 0 Å². The molecule has 1 amide bonds. The summed E-state index contributed by atoms with van der Waals surface area (Å²) < 4.78 is 12.9. The maximum Gasteiger partial charge on any atom is 0.269 e. The number of aromatic nitrogens is 1. The number of aliphatic hydroxyl groups is 1. The maximum atomic E-state index is 12.9. The quantitative estimate of drug-likeness (QED) is 0.761. The van der Waals surface area contributed by atoms with Gasteiger partial charge in [-0.15, -0.1) is 0 Å². The lowest BCUT2D eigenvalue weighted by Gasteiger charge is -2.24. The third-order valence-corrected chi connectivity index (χ3v) is 3.63. The predicted molar refractivity (Wildman–Crippen MR) is 86.5 cm³/mol. The molecule has 6 heteroatoms. The Labute approximate surface area is 135 Å². The first-order valence-electron chi connectivity index (χ1n) is 7.38. The van der Waals surface area contributed by atoms with Gasteiger partial charge in [-0.1, -0.05) is 12.1 Å². The minimum Gasteiger partial charge on any atom is -0.384 e. The van der Waals surface area contributed by atoms with Crippen LogP contribution in [0.4, 0.5) is 4.39 Å². The number of hydrogen-bond donors (Lipinski definition) is 3. The average molecular weight is 319 g/mol. The first-order valence-corrected chi connectivity index (χ1v) is 7.38. The van der Waals surface area contributed by atoms with E-state index in [1.54, 1.807) is 39.2 Å². The Morgan fingerprint density at radius 1 is 1.26 bits per heavy atom. The van der Waals surface area contributed by atoms with E-state index < -0.39 is 5.60 Å². The molecule has 0 fully saturated rings. The molecule has 3 N–H and O–H groups in total. The summed E-state index contributed by atoms with van der Waals surface area (Å²) in [4.78, 5) is 16.4. The van der Waals surface area contributed by atoms with E-state index in [1.165, 1.54) is 17.0 Å². The highest BCUT2D eigenvalue weighted by atomic mass is 19.1. The molecule has 124 valence electrons. The zero-order chi connectivity index (χ0) is 17.0. The predicted octanol–water partition coefficient (Wildman–Crippen LogP) is 1.85. The Morgan fingerprint density at radius 3 is 2.52 bits per heavy atom. The topological polar surface area (TPSA) is 68.4 Å². The molecule has 0 spiro atoms. The zero-order valence-corrected chi connectivity index (χ0v) is 13.6. The molecule has 0 aliphatic heterocycles. The second-order valence-corrected chi connectivity index (χ2v) is 5.98. The third-order valence-electron chi connectivity index (χ3n) is 3.63. The van der Waals surface area contributed by atoms with Gasteiger partial charge in [-0.2, -0.15) is 0 Å². The number of aromatic amines is 1. The van der Waals surface area contributed by atoms with Crippen LogP contribution in [0.5, 0.6) is 0 Å². The molecule has 5 nitrogen and oxygen atoms in total. The number of carbonyl (C=O) groups excluding carboxylic acids is 1. The van der Waals surface area contributed by atoms with Crippen molar-refractivity contribution in [1.82, 2.24) is 15.2 Å². The molecule has 1 aromatic heterocycles. The summed E-state index contributed by atoms with van der Waals surface area (Å²) in [6.45, 7) is 2.45. The van der Waals surface area contributed by atoms with Gasteiger partial charge in [-0.25, -0.2) is 4.39 Å². The Hall–Kier alpha value is -2.18. The van der Waals surface area contributed by atoms with Gasteiger partial charge in [0, 0.05) is 32.9 Å². The molecule has 0 aliphatic carbocycles. The SMILES string of the molecule is CN(C)C(=O)c1ccc(CNCC(C)(O)c2ccc(F)cc2)[nH]1. The van der Waals surface area contributed by atoms with Crippen LogP contribution >= 0.6 is 0 Å². The summed E-state index contributed by atoms with van der Waals surface area (Å²) >= 11 is 0. The number of carbonyl (C=O) groups is 1. The molecule has 0 bridgehead atoms. The van der Waals surface area contributed by atoms with Gasteiger partial charge >= 0.3 is 0 Å². The fourth-order valence-corrected chi connectivity index (χ4v) is 2.26. The van der Waals surface area contributed by atoms with Crippen LogP contribution in [0.15, 0.2) is 36.4 Å². The van der Waals surface area contributed by atoms with Crippen molar-refractivity contribution in [2.24, 2.45) is 0 Å². The van der Waals surface area contributed by atoms with E-state index in [-0.39, 0.29) is 11.7 Å². The Morgan fingerprint density at radius 2 is 1.91 bits per heavy atom. The number of hydrogen-bond acceptors (Lipinski definition) is 3.